The molecular formula is C14H19FO. The fourth-order valence-corrected chi connectivity index (χ4v) is 2.83. The highest BCUT2D eigenvalue weighted by Crippen LogP contribution is 2.42. The molecule has 1 aliphatic carbocycles. The van der Waals surface area contributed by atoms with Crippen LogP contribution in [0.4, 0.5) is 4.39 Å². The molecule has 0 radical (unpaired) electrons. The Morgan fingerprint density at radius 3 is 2.56 bits per heavy atom. The normalized spacial score (nSPS) is 18.9. The van der Waals surface area contributed by atoms with Crippen molar-refractivity contribution >= 4 is 0 Å². The highest BCUT2D eigenvalue weighted by atomic mass is 19.1. The van der Waals surface area contributed by atoms with E-state index in [0.717, 1.165) is 36.8 Å². The largest absolute Gasteiger partial charge is 0.395 e. The Kier molecular flexibility index (Phi) is 3.29. The van der Waals surface area contributed by atoms with Gasteiger partial charge < -0.3 is 5.11 Å². The Labute approximate surface area is 96.3 Å². The Hall–Kier alpha value is -0.890. The van der Waals surface area contributed by atoms with Gasteiger partial charge in [0, 0.05) is 5.41 Å². The van der Waals surface area contributed by atoms with Crippen LogP contribution in [0.25, 0.3) is 0 Å². The van der Waals surface area contributed by atoms with E-state index in [9.17, 15) is 9.50 Å². The zero-order valence-electron chi connectivity index (χ0n) is 9.80. The topological polar surface area (TPSA) is 20.2 Å². The van der Waals surface area contributed by atoms with Crippen LogP contribution in [0.5, 0.6) is 0 Å². The van der Waals surface area contributed by atoms with Crippen LogP contribution in [0.3, 0.4) is 0 Å². The quantitative estimate of drug-likeness (QED) is 0.832. The number of benzene rings is 1. The molecule has 1 aliphatic rings. The minimum absolute atomic E-state index is 0.0666. The summed E-state index contributed by atoms with van der Waals surface area (Å²) in [5, 5.41) is 9.59. The van der Waals surface area contributed by atoms with E-state index in [-0.39, 0.29) is 17.8 Å². The molecule has 1 aromatic carbocycles. The summed E-state index contributed by atoms with van der Waals surface area (Å²) in [5.74, 6) is -0.0963. The summed E-state index contributed by atoms with van der Waals surface area (Å²) >= 11 is 0. The van der Waals surface area contributed by atoms with Gasteiger partial charge in [-0.3, -0.25) is 0 Å². The van der Waals surface area contributed by atoms with Gasteiger partial charge in [-0.15, -0.1) is 0 Å². The molecular weight excluding hydrogens is 203 g/mol. The van der Waals surface area contributed by atoms with Gasteiger partial charge in [-0.25, -0.2) is 4.39 Å². The molecule has 88 valence electrons. The summed E-state index contributed by atoms with van der Waals surface area (Å²) < 4.78 is 14.2. The first kappa shape index (κ1) is 11.6. The second kappa shape index (κ2) is 4.54. The van der Waals surface area contributed by atoms with Crippen LogP contribution >= 0.6 is 0 Å². The Morgan fingerprint density at radius 1 is 1.31 bits per heavy atom. The minimum atomic E-state index is -0.310. The Bertz CT molecular complexity index is 367. The molecule has 0 atom stereocenters. The van der Waals surface area contributed by atoms with Gasteiger partial charge in [-0.2, -0.15) is 0 Å². The Morgan fingerprint density at radius 2 is 2.00 bits per heavy atom. The molecule has 1 saturated carbocycles. The molecule has 2 heteroatoms. The van der Waals surface area contributed by atoms with E-state index in [1.165, 1.54) is 0 Å². The molecule has 0 heterocycles. The minimum Gasteiger partial charge on any atom is -0.395 e. The van der Waals surface area contributed by atoms with Gasteiger partial charge >= 0.3 is 0 Å². The zero-order valence-corrected chi connectivity index (χ0v) is 9.80. The second-order valence-electron chi connectivity index (χ2n) is 4.78. The van der Waals surface area contributed by atoms with Gasteiger partial charge in [0.25, 0.3) is 0 Å². The number of aliphatic hydroxyl groups is 1. The van der Waals surface area contributed by atoms with E-state index >= 15 is 0 Å². The van der Waals surface area contributed by atoms with Crippen molar-refractivity contribution < 1.29 is 9.50 Å². The van der Waals surface area contributed by atoms with Crippen LogP contribution in [-0.2, 0) is 11.8 Å². The van der Waals surface area contributed by atoms with E-state index in [2.05, 4.69) is 0 Å². The second-order valence-corrected chi connectivity index (χ2v) is 4.78. The SMILES string of the molecule is CCc1cccc(C2(CO)CCCC2)c1F. The third-order valence-electron chi connectivity index (χ3n) is 3.89. The van der Waals surface area contributed by atoms with Crippen molar-refractivity contribution in [1.29, 1.82) is 0 Å². The van der Waals surface area contributed by atoms with Crippen LogP contribution in [0.2, 0.25) is 0 Å². The average Bonchev–Trinajstić information content (AvgIpc) is 2.79. The molecule has 1 nitrogen and oxygen atoms in total. The third-order valence-corrected chi connectivity index (χ3v) is 3.89. The molecule has 2 rings (SSSR count). The number of rotatable bonds is 3. The highest BCUT2D eigenvalue weighted by molar-refractivity contribution is 5.33. The predicted molar refractivity (Wildman–Crippen MR) is 63.0 cm³/mol. The van der Waals surface area contributed by atoms with Gasteiger partial charge in [-0.05, 0) is 30.4 Å². The van der Waals surface area contributed by atoms with E-state index in [1.54, 1.807) is 0 Å². The zero-order chi connectivity index (χ0) is 11.6. The summed E-state index contributed by atoms with van der Waals surface area (Å²) in [5.41, 5.74) is 1.18. The smallest absolute Gasteiger partial charge is 0.130 e. The first-order valence-electron chi connectivity index (χ1n) is 6.12. The van der Waals surface area contributed by atoms with E-state index in [4.69, 9.17) is 0 Å². The lowest BCUT2D eigenvalue weighted by Gasteiger charge is -2.28. The summed E-state index contributed by atoms with van der Waals surface area (Å²) in [6, 6.07) is 5.59. The maximum Gasteiger partial charge on any atom is 0.130 e. The van der Waals surface area contributed by atoms with Crippen molar-refractivity contribution in [3.05, 3.63) is 35.1 Å². The maximum atomic E-state index is 14.2. The molecule has 0 unspecified atom stereocenters. The van der Waals surface area contributed by atoms with Gasteiger partial charge in [0.1, 0.15) is 5.82 Å². The first-order valence-corrected chi connectivity index (χ1v) is 6.12. The van der Waals surface area contributed by atoms with Crippen molar-refractivity contribution in [2.45, 2.75) is 44.4 Å². The summed E-state index contributed by atoms with van der Waals surface area (Å²) in [6.07, 6.45) is 4.72. The van der Waals surface area contributed by atoms with Crippen molar-refractivity contribution in [2.24, 2.45) is 0 Å². The van der Waals surface area contributed by atoms with Gasteiger partial charge in [-0.1, -0.05) is 38.0 Å². The number of aliphatic hydroxyl groups excluding tert-OH is 1. The lowest BCUT2D eigenvalue weighted by Crippen LogP contribution is -2.28. The number of hydrogen-bond donors (Lipinski definition) is 1. The average molecular weight is 222 g/mol. The molecule has 0 amide bonds. The number of aryl methyl sites for hydroxylation is 1. The van der Waals surface area contributed by atoms with E-state index < -0.39 is 0 Å². The summed E-state index contributed by atoms with van der Waals surface area (Å²) in [4.78, 5) is 0. The van der Waals surface area contributed by atoms with Gasteiger partial charge in [0.2, 0.25) is 0 Å². The molecule has 0 aromatic heterocycles. The summed E-state index contributed by atoms with van der Waals surface area (Å²) in [6.45, 7) is 2.03. The molecule has 0 aliphatic heterocycles. The molecule has 0 bridgehead atoms. The molecule has 1 fully saturated rings. The Balaban J connectivity index is 2.46. The molecule has 0 spiro atoms. The number of hydrogen-bond acceptors (Lipinski definition) is 1. The lowest BCUT2D eigenvalue weighted by atomic mass is 9.78. The van der Waals surface area contributed by atoms with E-state index in [1.807, 2.05) is 25.1 Å². The van der Waals surface area contributed by atoms with Crippen molar-refractivity contribution in [3.63, 3.8) is 0 Å². The van der Waals surface area contributed by atoms with Crippen LogP contribution in [-0.4, -0.2) is 11.7 Å². The van der Waals surface area contributed by atoms with Crippen LogP contribution in [0, 0.1) is 5.82 Å². The van der Waals surface area contributed by atoms with E-state index in [0.29, 0.717) is 6.42 Å². The van der Waals surface area contributed by atoms with Crippen molar-refractivity contribution in [2.75, 3.05) is 6.61 Å². The van der Waals surface area contributed by atoms with Gasteiger partial charge in [0.05, 0.1) is 6.61 Å². The van der Waals surface area contributed by atoms with Gasteiger partial charge in [0.15, 0.2) is 0 Å². The van der Waals surface area contributed by atoms with Crippen molar-refractivity contribution in [3.8, 4) is 0 Å². The molecule has 0 saturated heterocycles. The first-order chi connectivity index (χ1) is 7.73. The maximum absolute atomic E-state index is 14.2. The van der Waals surface area contributed by atoms with Crippen LogP contribution in [0.15, 0.2) is 18.2 Å². The molecule has 1 N–H and O–H groups in total. The molecule has 16 heavy (non-hydrogen) atoms. The highest BCUT2D eigenvalue weighted by Gasteiger charge is 2.37. The fourth-order valence-electron chi connectivity index (χ4n) is 2.83. The molecule has 1 aromatic rings. The fraction of sp³-hybridized carbons (Fsp3) is 0.571. The van der Waals surface area contributed by atoms with Crippen LogP contribution in [0.1, 0.15) is 43.7 Å². The predicted octanol–water partition coefficient (Wildman–Crippen LogP) is 3.19. The van der Waals surface area contributed by atoms with Crippen molar-refractivity contribution in [1.82, 2.24) is 0 Å². The number of halogens is 1. The monoisotopic (exact) mass is 222 g/mol. The third kappa shape index (κ3) is 1.75. The lowest BCUT2D eigenvalue weighted by molar-refractivity contribution is 0.192. The summed E-state index contributed by atoms with van der Waals surface area (Å²) in [7, 11) is 0. The van der Waals surface area contributed by atoms with Crippen LogP contribution < -0.4 is 0 Å². The standard InChI is InChI=1S/C14H19FO/c1-2-11-6-5-7-12(13(11)15)14(10-16)8-3-4-9-14/h5-7,16H,2-4,8-10H2,1H3.